The van der Waals surface area contributed by atoms with Crippen LogP contribution in [-0.4, -0.2) is 36.7 Å². The second-order valence-electron chi connectivity index (χ2n) is 5.23. The fraction of sp³-hybridized carbons (Fsp3) is 0.0769. The molecule has 130 valence electrons. The zero-order chi connectivity index (χ0) is 18.2. The van der Waals surface area contributed by atoms with E-state index in [0.29, 0.717) is 5.46 Å². The molecule has 0 atom stereocenters. The molecule has 0 spiro atoms. The molecule has 1 aliphatic rings. The van der Waals surface area contributed by atoms with Crippen LogP contribution < -0.4 is 21.2 Å². The van der Waals surface area contributed by atoms with Crippen molar-refractivity contribution in [2.24, 2.45) is 0 Å². The van der Waals surface area contributed by atoms with E-state index in [1.54, 1.807) is 6.07 Å². The molecule has 10 nitrogen and oxygen atoms in total. The number of hydrogen-bond donors (Lipinski definition) is 5. The summed E-state index contributed by atoms with van der Waals surface area (Å²) in [7, 11) is -5.22. The third-order valence-electron chi connectivity index (χ3n) is 3.45. The van der Waals surface area contributed by atoms with E-state index >= 15 is 0 Å². The van der Waals surface area contributed by atoms with Crippen molar-refractivity contribution in [1.82, 2.24) is 4.98 Å². The maximum Gasteiger partial charge on any atom is 0.491 e. The highest BCUT2D eigenvalue weighted by molar-refractivity contribution is 7.92. The molecule has 0 radical (unpaired) electrons. The van der Waals surface area contributed by atoms with Gasteiger partial charge in [0.25, 0.3) is 10.0 Å². The quantitative estimate of drug-likeness (QED) is 0.464. The van der Waals surface area contributed by atoms with Crippen LogP contribution in [0.5, 0.6) is 0 Å². The number of rotatable bonds is 4. The van der Waals surface area contributed by atoms with Gasteiger partial charge in [-0.25, -0.2) is 9.78 Å². The summed E-state index contributed by atoms with van der Waals surface area (Å²) in [6, 6.07) is 5.77. The van der Waals surface area contributed by atoms with Crippen molar-refractivity contribution < 1.29 is 28.0 Å². The van der Waals surface area contributed by atoms with Crippen molar-refractivity contribution in [3.05, 3.63) is 36.0 Å². The van der Waals surface area contributed by atoms with Gasteiger partial charge in [-0.05, 0) is 29.2 Å². The molecule has 0 saturated carbocycles. The number of nitrogen functional groups attached to an aromatic ring is 1. The van der Waals surface area contributed by atoms with Crippen LogP contribution in [-0.2, 0) is 21.3 Å². The molecule has 1 aromatic carbocycles. The van der Waals surface area contributed by atoms with Crippen LogP contribution in [0.3, 0.4) is 0 Å². The van der Waals surface area contributed by atoms with Gasteiger partial charge in [-0.15, -0.1) is 0 Å². The number of nitrogens with two attached hydrogens (primary N) is 1. The predicted octanol–water partition coefficient (Wildman–Crippen LogP) is -0.228. The zero-order valence-electron chi connectivity index (χ0n) is 12.6. The number of fused-ring (bicyclic) bond motifs is 1. The number of benzene rings is 1. The van der Waals surface area contributed by atoms with E-state index in [9.17, 15) is 18.2 Å². The van der Waals surface area contributed by atoms with Crippen LogP contribution in [0.4, 0.5) is 21.9 Å². The average Bonchev–Trinajstić information content (AvgIpc) is 2.87. The van der Waals surface area contributed by atoms with Crippen LogP contribution >= 0.6 is 0 Å². The molecule has 0 fully saturated rings. The highest BCUT2D eigenvalue weighted by Gasteiger charge is 2.28. The number of nitrogens with zero attached hydrogens (tertiary/aromatic N) is 1. The first kappa shape index (κ1) is 17.0. The molecule has 0 unspecified atom stereocenters. The number of amides is 1. The third-order valence-corrected chi connectivity index (χ3v) is 4.80. The largest absolute Gasteiger partial charge is 0.491 e. The fourth-order valence-corrected chi connectivity index (χ4v) is 3.46. The summed E-state index contributed by atoms with van der Waals surface area (Å²) >= 11 is 0. The van der Waals surface area contributed by atoms with E-state index in [1.807, 2.05) is 5.32 Å². The van der Waals surface area contributed by atoms with E-state index in [2.05, 4.69) is 9.71 Å². The lowest BCUT2D eigenvalue weighted by atomic mass is 9.79. The summed E-state index contributed by atoms with van der Waals surface area (Å²) in [6.45, 7) is 0.246. The monoisotopic (exact) mass is 364 g/mol. The van der Waals surface area contributed by atoms with Crippen LogP contribution in [0.2, 0.25) is 0 Å². The van der Waals surface area contributed by atoms with Crippen molar-refractivity contribution >= 4 is 45.8 Å². The zero-order valence-corrected chi connectivity index (χ0v) is 13.4. The van der Waals surface area contributed by atoms with E-state index < -0.39 is 28.3 Å². The van der Waals surface area contributed by atoms with Crippen molar-refractivity contribution in [3.8, 4) is 0 Å². The molecule has 6 N–H and O–H groups in total. The number of anilines is 3. The summed E-state index contributed by atoms with van der Waals surface area (Å²) in [5.74, 6) is 0. The molecule has 1 amide bonds. The Morgan fingerprint density at radius 3 is 2.76 bits per heavy atom. The average molecular weight is 364 g/mol. The van der Waals surface area contributed by atoms with Crippen molar-refractivity contribution in [3.63, 3.8) is 0 Å². The summed E-state index contributed by atoms with van der Waals surface area (Å²) in [5, 5.41) is 19.9. The fourth-order valence-electron chi connectivity index (χ4n) is 2.37. The maximum atomic E-state index is 12.5. The lowest BCUT2D eigenvalue weighted by molar-refractivity contribution is 0.209. The number of sulfonamides is 1. The minimum absolute atomic E-state index is 0.0433. The number of hydrogen-bond acceptors (Lipinski definition) is 7. The highest BCUT2D eigenvalue weighted by Crippen LogP contribution is 2.23. The smallest absolute Gasteiger partial charge is 0.465 e. The molecule has 1 aromatic heterocycles. The summed E-state index contributed by atoms with van der Waals surface area (Å²) in [5.41, 5.74) is 6.94. The Morgan fingerprint density at radius 1 is 1.32 bits per heavy atom. The standard InChI is InChI=1S/C13H13BN4O6S/c15-11-4-9(17-13(19)20)5-16-12(11)25(22,23)18-8-2-1-7-6-24-14(21)10(7)3-8/h1-5,17-18,21H,6,15H2,(H,19,20). The Labute approximate surface area is 142 Å². The molecule has 2 heterocycles. The third kappa shape index (κ3) is 3.50. The van der Waals surface area contributed by atoms with Crippen LogP contribution in [0.1, 0.15) is 5.56 Å². The minimum atomic E-state index is -4.11. The first-order chi connectivity index (χ1) is 11.8. The Morgan fingerprint density at radius 2 is 2.08 bits per heavy atom. The Bertz CT molecular complexity index is 952. The molecular formula is C13H13BN4O6S. The second kappa shape index (κ2) is 6.24. The van der Waals surface area contributed by atoms with Gasteiger partial charge in [0.15, 0.2) is 5.03 Å². The molecule has 25 heavy (non-hydrogen) atoms. The highest BCUT2D eigenvalue weighted by atomic mass is 32.2. The Hall–Kier alpha value is -2.83. The van der Waals surface area contributed by atoms with Gasteiger partial charge in [-0.1, -0.05) is 6.07 Å². The maximum absolute atomic E-state index is 12.5. The number of carboxylic acid groups (broad SMARTS) is 1. The molecule has 3 rings (SSSR count). The Balaban J connectivity index is 1.87. The number of carbonyl (C=O) groups is 1. The van der Waals surface area contributed by atoms with Gasteiger partial charge in [0, 0.05) is 5.69 Å². The van der Waals surface area contributed by atoms with Crippen molar-refractivity contribution in [2.75, 3.05) is 15.8 Å². The van der Waals surface area contributed by atoms with E-state index in [1.165, 1.54) is 12.1 Å². The molecule has 0 saturated heterocycles. The summed E-state index contributed by atoms with van der Waals surface area (Å²) in [4.78, 5) is 14.3. The van der Waals surface area contributed by atoms with E-state index in [0.717, 1.165) is 17.8 Å². The SMILES string of the molecule is Nc1cc(NC(=O)O)cnc1S(=O)(=O)Nc1ccc2c(c1)B(O)OC2. The second-order valence-corrected chi connectivity index (χ2v) is 6.83. The van der Waals surface area contributed by atoms with Gasteiger partial charge in [0.1, 0.15) is 0 Å². The van der Waals surface area contributed by atoms with Gasteiger partial charge in [-0.3, -0.25) is 10.0 Å². The molecule has 0 bridgehead atoms. The first-order valence-corrected chi connectivity index (χ1v) is 8.45. The first-order valence-electron chi connectivity index (χ1n) is 6.97. The lowest BCUT2D eigenvalue weighted by Gasteiger charge is -2.11. The van der Waals surface area contributed by atoms with Crippen molar-refractivity contribution in [1.29, 1.82) is 0 Å². The van der Waals surface area contributed by atoms with Gasteiger partial charge >= 0.3 is 13.2 Å². The summed E-state index contributed by atoms with van der Waals surface area (Å²) < 4.78 is 32.3. The predicted molar refractivity (Wildman–Crippen MR) is 89.9 cm³/mol. The number of aromatic nitrogens is 1. The normalized spacial score (nSPS) is 13.4. The van der Waals surface area contributed by atoms with Crippen molar-refractivity contribution in [2.45, 2.75) is 11.6 Å². The minimum Gasteiger partial charge on any atom is -0.465 e. The molecule has 1 aliphatic heterocycles. The topological polar surface area (TPSA) is 164 Å². The van der Waals surface area contributed by atoms with Crippen LogP contribution in [0, 0.1) is 0 Å². The van der Waals surface area contributed by atoms with Gasteiger partial charge in [0.05, 0.1) is 24.2 Å². The lowest BCUT2D eigenvalue weighted by Crippen LogP contribution is -2.28. The number of nitrogens with one attached hydrogen (secondary N) is 2. The van der Waals surface area contributed by atoms with E-state index in [4.69, 9.17) is 15.5 Å². The Kier molecular flexibility index (Phi) is 4.24. The van der Waals surface area contributed by atoms with Gasteiger partial charge in [0.2, 0.25) is 0 Å². The van der Waals surface area contributed by atoms with Crippen LogP contribution in [0.15, 0.2) is 35.5 Å². The number of pyridine rings is 1. The molecule has 2 aromatic rings. The van der Waals surface area contributed by atoms with E-state index in [-0.39, 0.29) is 23.7 Å². The van der Waals surface area contributed by atoms with Gasteiger partial charge in [-0.2, -0.15) is 8.42 Å². The molecule has 0 aliphatic carbocycles. The van der Waals surface area contributed by atoms with Gasteiger partial charge < -0.3 is 20.5 Å². The van der Waals surface area contributed by atoms with Crippen LogP contribution in [0.25, 0.3) is 0 Å². The summed E-state index contributed by atoms with van der Waals surface area (Å²) in [6.07, 6.45) is -0.284. The molecular weight excluding hydrogens is 351 g/mol. The molecule has 12 heteroatoms.